The largest absolute Gasteiger partial charge is 0.363 e. The Morgan fingerprint density at radius 3 is 2.39 bits per heavy atom. The number of carbonyl (C=O) groups is 1. The zero-order valence-corrected chi connectivity index (χ0v) is 11.5. The number of rotatable bonds is 4. The van der Waals surface area contributed by atoms with Crippen molar-refractivity contribution in [2.75, 3.05) is 19.7 Å². The van der Waals surface area contributed by atoms with Crippen molar-refractivity contribution in [1.29, 1.82) is 0 Å². The van der Waals surface area contributed by atoms with Crippen LogP contribution in [-0.2, 0) is 9.53 Å². The van der Waals surface area contributed by atoms with E-state index in [2.05, 4.69) is 10.6 Å². The molecule has 1 heterocycles. The maximum Gasteiger partial charge on any atom is 0.246 e. The van der Waals surface area contributed by atoms with Crippen molar-refractivity contribution >= 4 is 5.91 Å². The molecule has 0 aromatic rings. The normalized spacial score (nSPS) is 24.7. The number of carbonyl (C=O) groups excluding carboxylic acids is 1. The van der Waals surface area contributed by atoms with Gasteiger partial charge in [0.15, 0.2) is 0 Å². The Morgan fingerprint density at radius 1 is 1.22 bits per heavy atom. The summed E-state index contributed by atoms with van der Waals surface area (Å²) in [5, 5.41) is 6.29. The highest BCUT2D eigenvalue weighted by molar-refractivity contribution is 5.77. The van der Waals surface area contributed by atoms with E-state index in [1.807, 2.05) is 6.92 Å². The quantitative estimate of drug-likeness (QED) is 0.801. The van der Waals surface area contributed by atoms with Crippen LogP contribution in [0, 0.1) is 0 Å². The molecule has 4 nitrogen and oxygen atoms in total. The summed E-state index contributed by atoms with van der Waals surface area (Å²) in [6.07, 6.45) is 8.73. The van der Waals surface area contributed by atoms with Crippen LogP contribution in [0.2, 0.25) is 0 Å². The van der Waals surface area contributed by atoms with Gasteiger partial charge >= 0.3 is 0 Å². The van der Waals surface area contributed by atoms with Crippen LogP contribution in [0.15, 0.2) is 0 Å². The first-order valence-corrected chi connectivity index (χ1v) is 7.32. The van der Waals surface area contributed by atoms with E-state index < -0.39 is 0 Å². The Labute approximate surface area is 110 Å². The Kier molecular flexibility index (Phi) is 5.01. The van der Waals surface area contributed by atoms with Gasteiger partial charge in [-0.15, -0.1) is 0 Å². The van der Waals surface area contributed by atoms with Crippen LogP contribution >= 0.6 is 0 Å². The van der Waals surface area contributed by atoms with E-state index in [4.69, 9.17) is 4.74 Å². The van der Waals surface area contributed by atoms with Crippen molar-refractivity contribution in [2.45, 2.75) is 63.5 Å². The number of amides is 1. The third-order valence-corrected chi connectivity index (χ3v) is 4.02. The maximum atomic E-state index is 11.8. The molecule has 2 N–H and O–H groups in total. The molecule has 0 spiro atoms. The van der Waals surface area contributed by atoms with Crippen LogP contribution in [0.25, 0.3) is 0 Å². The summed E-state index contributed by atoms with van der Waals surface area (Å²) >= 11 is 0. The van der Waals surface area contributed by atoms with Crippen molar-refractivity contribution in [1.82, 2.24) is 10.6 Å². The fourth-order valence-corrected chi connectivity index (χ4v) is 2.69. The Bertz CT molecular complexity index is 269. The standard InChI is InChI=1S/C14H26N2O2/c1-14(10-15-11-14)18-9-13(17)16-12-7-5-3-2-4-6-8-12/h12,15H,2-11H2,1H3,(H,16,17). The van der Waals surface area contributed by atoms with Crippen LogP contribution < -0.4 is 10.6 Å². The number of hydrogen-bond donors (Lipinski definition) is 2. The first-order chi connectivity index (χ1) is 8.68. The summed E-state index contributed by atoms with van der Waals surface area (Å²) in [4.78, 5) is 11.8. The molecule has 0 radical (unpaired) electrons. The molecule has 0 aromatic carbocycles. The van der Waals surface area contributed by atoms with Crippen LogP contribution in [0.3, 0.4) is 0 Å². The Balaban J connectivity index is 1.65. The fourth-order valence-electron chi connectivity index (χ4n) is 2.69. The van der Waals surface area contributed by atoms with E-state index in [9.17, 15) is 4.79 Å². The van der Waals surface area contributed by atoms with Gasteiger partial charge in [0.25, 0.3) is 0 Å². The van der Waals surface area contributed by atoms with Gasteiger partial charge in [0.2, 0.25) is 5.91 Å². The number of nitrogens with one attached hydrogen (secondary N) is 2. The molecule has 1 aliphatic carbocycles. The van der Waals surface area contributed by atoms with Crippen LogP contribution in [0.4, 0.5) is 0 Å². The van der Waals surface area contributed by atoms with Gasteiger partial charge in [0.05, 0.1) is 5.60 Å². The minimum atomic E-state index is -0.127. The molecule has 0 aromatic heterocycles. The SMILES string of the molecule is CC1(OCC(=O)NC2CCCCCCC2)CNC1. The lowest BCUT2D eigenvalue weighted by molar-refractivity contribution is -0.136. The molecule has 1 amide bonds. The van der Waals surface area contributed by atoms with Crippen LogP contribution in [-0.4, -0.2) is 37.2 Å². The minimum absolute atomic E-state index is 0.0497. The third-order valence-electron chi connectivity index (χ3n) is 4.02. The van der Waals surface area contributed by atoms with Crippen molar-refractivity contribution in [3.8, 4) is 0 Å². The summed E-state index contributed by atoms with van der Waals surface area (Å²) in [6, 6.07) is 0.369. The summed E-state index contributed by atoms with van der Waals surface area (Å²) in [5.41, 5.74) is -0.127. The van der Waals surface area contributed by atoms with Crippen molar-refractivity contribution in [3.63, 3.8) is 0 Å². The van der Waals surface area contributed by atoms with E-state index in [1.165, 1.54) is 32.1 Å². The van der Waals surface area contributed by atoms with E-state index in [0.29, 0.717) is 6.04 Å². The van der Waals surface area contributed by atoms with Crippen molar-refractivity contribution < 1.29 is 9.53 Å². The fraction of sp³-hybridized carbons (Fsp3) is 0.929. The molecule has 104 valence electrons. The topological polar surface area (TPSA) is 50.4 Å². The second kappa shape index (κ2) is 6.53. The Morgan fingerprint density at radius 2 is 1.83 bits per heavy atom. The van der Waals surface area contributed by atoms with Gasteiger partial charge in [-0.25, -0.2) is 0 Å². The van der Waals surface area contributed by atoms with E-state index in [-0.39, 0.29) is 18.1 Å². The Hall–Kier alpha value is -0.610. The molecule has 1 saturated heterocycles. The molecular weight excluding hydrogens is 228 g/mol. The zero-order chi connectivity index (χ0) is 12.8. The summed E-state index contributed by atoms with van der Waals surface area (Å²) in [5.74, 6) is 0.0497. The number of hydrogen-bond acceptors (Lipinski definition) is 3. The molecular formula is C14H26N2O2. The second-order valence-electron chi connectivity index (χ2n) is 5.95. The molecule has 2 fully saturated rings. The van der Waals surface area contributed by atoms with Gasteiger partial charge in [-0.2, -0.15) is 0 Å². The second-order valence-corrected chi connectivity index (χ2v) is 5.95. The molecule has 0 atom stereocenters. The summed E-state index contributed by atoms with van der Waals surface area (Å²) < 4.78 is 5.65. The average molecular weight is 254 g/mol. The highest BCUT2D eigenvalue weighted by Gasteiger charge is 2.33. The van der Waals surface area contributed by atoms with Crippen LogP contribution in [0.1, 0.15) is 51.9 Å². The smallest absolute Gasteiger partial charge is 0.246 e. The summed E-state index contributed by atoms with van der Waals surface area (Å²) in [7, 11) is 0. The van der Waals surface area contributed by atoms with Crippen molar-refractivity contribution in [3.05, 3.63) is 0 Å². The maximum absolute atomic E-state index is 11.8. The van der Waals surface area contributed by atoms with Crippen molar-refractivity contribution in [2.24, 2.45) is 0 Å². The highest BCUT2D eigenvalue weighted by Crippen LogP contribution is 2.17. The predicted octanol–water partition coefficient (Wildman–Crippen LogP) is 1.59. The predicted molar refractivity (Wildman–Crippen MR) is 71.5 cm³/mol. The lowest BCUT2D eigenvalue weighted by Gasteiger charge is -2.38. The molecule has 1 saturated carbocycles. The molecule has 18 heavy (non-hydrogen) atoms. The van der Waals surface area contributed by atoms with E-state index >= 15 is 0 Å². The van der Waals surface area contributed by atoms with Gasteiger partial charge in [-0.3, -0.25) is 4.79 Å². The molecule has 0 unspecified atom stereocenters. The van der Waals surface area contributed by atoms with Gasteiger partial charge in [-0.1, -0.05) is 32.1 Å². The van der Waals surface area contributed by atoms with Gasteiger partial charge in [0, 0.05) is 19.1 Å². The molecule has 2 rings (SSSR count). The van der Waals surface area contributed by atoms with E-state index in [0.717, 1.165) is 25.9 Å². The zero-order valence-electron chi connectivity index (χ0n) is 11.5. The lowest BCUT2D eigenvalue weighted by atomic mass is 9.97. The molecule has 1 aliphatic heterocycles. The highest BCUT2D eigenvalue weighted by atomic mass is 16.5. The summed E-state index contributed by atoms with van der Waals surface area (Å²) in [6.45, 7) is 3.95. The van der Waals surface area contributed by atoms with Gasteiger partial charge < -0.3 is 15.4 Å². The van der Waals surface area contributed by atoms with Gasteiger partial charge in [-0.05, 0) is 19.8 Å². The monoisotopic (exact) mass is 254 g/mol. The van der Waals surface area contributed by atoms with Crippen LogP contribution in [0.5, 0.6) is 0 Å². The third kappa shape index (κ3) is 4.25. The van der Waals surface area contributed by atoms with Gasteiger partial charge in [0.1, 0.15) is 6.61 Å². The first kappa shape index (κ1) is 13.8. The van der Waals surface area contributed by atoms with E-state index in [1.54, 1.807) is 0 Å². The molecule has 4 heteroatoms. The first-order valence-electron chi connectivity index (χ1n) is 7.32. The number of ether oxygens (including phenoxy) is 1. The minimum Gasteiger partial charge on any atom is -0.363 e. The average Bonchev–Trinajstić information content (AvgIpc) is 2.27. The molecule has 0 bridgehead atoms. The lowest BCUT2D eigenvalue weighted by Crippen LogP contribution is -2.59. The molecule has 2 aliphatic rings.